The van der Waals surface area contributed by atoms with Crippen molar-refractivity contribution in [1.29, 1.82) is 0 Å². The number of hydrogen-bond acceptors (Lipinski definition) is 7. The SMILES string of the molecule is Cc1c(Br)c(O)c(Br)c(O)c1C=NNC(=O)COc1cccc([N+](=O)[O-])c1. The first-order chi connectivity index (χ1) is 12.7. The highest BCUT2D eigenvalue weighted by molar-refractivity contribution is 9.11. The number of hydrogen-bond donors (Lipinski definition) is 3. The van der Waals surface area contributed by atoms with Crippen LogP contribution in [0.5, 0.6) is 17.2 Å². The molecule has 0 aliphatic heterocycles. The Morgan fingerprint density at radius 3 is 2.70 bits per heavy atom. The Kier molecular flexibility index (Phi) is 6.75. The van der Waals surface area contributed by atoms with E-state index in [9.17, 15) is 25.1 Å². The van der Waals surface area contributed by atoms with Gasteiger partial charge in [-0.15, -0.1) is 0 Å². The first-order valence-electron chi connectivity index (χ1n) is 7.31. The number of hydrazone groups is 1. The zero-order chi connectivity index (χ0) is 20.1. The molecule has 0 saturated carbocycles. The number of nitrogens with zero attached hydrogens (tertiary/aromatic N) is 2. The molecule has 0 saturated heterocycles. The van der Waals surface area contributed by atoms with Crippen LogP contribution in [-0.4, -0.2) is 33.9 Å². The summed E-state index contributed by atoms with van der Waals surface area (Å²) in [6.07, 6.45) is 1.21. The lowest BCUT2D eigenvalue weighted by Gasteiger charge is -2.11. The average Bonchev–Trinajstić information content (AvgIpc) is 2.66. The fourth-order valence-electron chi connectivity index (χ4n) is 1.99. The smallest absolute Gasteiger partial charge is 0.277 e. The molecule has 0 aliphatic rings. The quantitative estimate of drug-likeness (QED) is 0.315. The van der Waals surface area contributed by atoms with Gasteiger partial charge in [0.05, 0.1) is 21.7 Å². The second-order valence-corrected chi connectivity index (χ2v) is 6.79. The maximum absolute atomic E-state index is 11.8. The number of nitrogens with one attached hydrogen (secondary N) is 1. The largest absolute Gasteiger partial charge is 0.506 e. The molecule has 1 amide bonds. The molecule has 0 atom stereocenters. The van der Waals surface area contributed by atoms with Crippen LogP contribution < -0.4 is 10.2 Å². The highest BCUT2D eigenvalue weighted by atomic mass is 79.9. The number of rotatable bonds is 6. The Morgan fingerprint density at radius 1 is 1.33 bits per heavy atom. The summed E-state index contributed by atoms with van der Waals surface area (Å²) >= 11 is 6.25. The number of aromatic hydroxyl groups is 2. The number of phenols is 2. The molecule has 2 aromatic carbocycles. The molecule has 11 heteroatoms. The van der Waals surface area contributed by atoms with E-state index in [1.165, 1.54) is 30.5 Å². The van der Waals surface area contributed by atoms with Crippen LogP contribution in [0, 0.1) is 17.0 Å². The lowest BCUT2D eigenvalue weighted by Crippen LogP contribution is -2.24. The molecule has 0 unspecified atom stereocenters. The minimum absolute atomic E-state index is 0.0850. The van der Waals surface area contributed by atoms with Crippen LogP contribution in [-0.2, 0) is 4.79 Å². The van der Waals surface area contributed by atoms with Gasteiger partial charge in [-0.1, -0.05) is 6.07 Å². The number of nitro groups is 1. The number of halogens is 2. The third kappa shape index (κ3) is 4.95. The molecule has 27 heavy (non-hydrogen) atoms. The van der Waals surface area contributed by atoms with Crippen LogP contribution in [0.25, 0.3) is 0 Å². The third-order valence-electron chi connectivity index (χ3n) is 3.39. The summed E-state index contributed by atoms with van der Waals surface area (Å²) in [5, 5.41) is 34.3. The number of phenolic OH excluding ortho intramolecular Hbond substituents is 2. The van der Waals surface area contributed by atoms with Gasteiger partial charge in [0, 0.05) is 11.6 Å². The van der Waals surface area contributed by atoms with E-state index in [0.29, 0.717) is 10.0 Å². The zero-order valence-electron chi connectivity index (χ0n) is 13.8. The first kappa shape index (κ1) is 20.6. The topological polar surface area (TPSA) is 134 Å². The van der Waals surface area contributed by atoms with Gasteiger partial charge < -0.3 is 14.9 Å². The Bertz CT molecular complexity index is 904. The zero-order valence-corrected chi connectivity index (χ0v) is 16.9. The molecule has 0 bridgehead atoms. The Labute approximate surface area is 170 Å². The average molecular weight is 503 g/mol. The number of nitro benzene ring substituents is 1. The van der Waals surface area contributed by atoms with Crippen molar-refractivity contribution >= 4 is 49.7 Å². The van der Waals surface area contributed by atoms with Crippen molar-refractivity contribution in [2.45, 2.75) is 6.92 Å². The van der Waals surface area contributed by atoms with Crippen molar-refractivity contribution in [1.82, 2.24) is 5.43 Å². The normalized spacial score (nSPS) is 10.8. The molecule has 0 heterocycles. The van der Waals surface area contributed by atoms with Gasteiger partial charge in [0.1, 0.15) is 21.7 Å². The molecule has 0 aliphatic carbocycles. The molecule has 0 aromatic heterocycles. The van der Waals surface area contributed by atoms with E-state index in [4.69, 9.17) is 4.74 Å². The van der Waals surface area contributed by atoms with Gasteiger partial charge in [-0.2, -0.15) is 5.10 Å². The minimum Gasteiger partial charge on any atom is -0.506 e. The maximum Gasteiger partial charge on any atom is 0.277 e. The van der Waals surface area contributed by atoms with E-state index in [2.05, 4.69) is 42.4 Å². The molecule has 0 fully saturated rings. The lowest BCUT2D eigenvalue weighted by molar-refractivity contribution is -0.384. The van der Waals surface area contributed by atoms with Crippen LogP contribution in [0.15, 0.2) is 38.3 Å². The van der Waals surface area contributed by atoms with E-state index in [1.807, 2.05) is 0 Å². The van der Waals surface area contributed by atoms with Gasteiger partial charge >= 0.3 is 0 Å². The van der Waals surface area contributed by atoms with Gasteiger partial charge in [0.2, 0.25) is 0 Å². The summed E-state index contributed by atoms with van der Waals surface area (Å²) in [5.74, 6) is -0.828. The van der Waals surface area contributed by atoms with Crippen LogP contribution in [0.4, 0.5) is 5.69 Å². The summed E-state index contributed by atoms with van der Waals surface area (Å²) in [6.45, 7) is 1.23. The fraction of sp³-hybridized carbons (Fsp3) is 0.125. The minimum atomic E-state index is -0.605. The summed E-state index contributed by atoms with van der Waals surface area (Å²) in [6, 6.07) is 5.43. The first-order valence-corrected chi connectivity index (χ1v) is 8.89. The van der Waals surface area contributed by atoms with Crippen molar-refractivity contribution in [2.24, 2.45) is 5.10 Å². The Balaban J connectivity index is 2.00. The second-order valence-electron chi connectivity index (χ2n) is 5.20. The number of amides is 1. The van der Waals surface area contributed by atoms with E-state index in [-0.39, 0.29) is 33.0 Å². The van der Waals surface area contributed by atoms with Gasteiger partial charge in [-0.3, -0.25) is 14.9 Å². The lowest BCUT2D eigenvalue weighted by atomic mass is 10.1. The maximum atomic E-state index is 11.8. The van der Waals surface area contributed by atoms with Crippen molar-refractivity contribution in [3.8, 4) is 17.2 Å². The van der Waals surface area contributed by atoms with Crippen LogP contribution in [0.3, 0.4) is 0 Å². The highest BCUT2D eigenvalue weighted by Crippen LogP contribution is 2.43. The number of non-ortho nitro benzene ring substituents is 1. The van der Waals surface area contributed by atoms with Gasteiger partial charge in [0.25, 0.3) is 11.6 Å². The highest BCUT2D eigenvalue weighted by Gasteiger charge is 2.17. The second kappa shape index (κ2) is 8.82. The number of carbonyl (C=O) groups is 1. The van der Waals surface area contributed by atoms with Gasteiger partial charge in [-0.05, 0) is 50.4 Å². The number of ether oxygens (including phenoxy) is 1. The Hall–Kier alpha value is -2.66. The standard InChI is InChI=1S/C16H13Br2N3O6/c1-8-11(15(23)14(18)16(24)13(8)17)6-19-20-12(22)7-27-10-4-2-3-9(5-10)21(25)26/h2-6,23-24H,7H2,1H3,(H,20,22). The number of carbonyl (C=O) groups excluding carboxylic acids is 1. The van der Waals surface area contributed by atoms with Crippen LogP contribution in [0.2, 0.25) is 0 Å². The molecule has 0 radical (unpaired) electrons. The Morgan fingerprint density at radius 2 is 2.04 bits per heavy atom. The van der Waals surface area contributed by atoms with Crippen LogP contribution in [0.1, 0.15) is 11.1 Å². The molecule has 142 valence electrons. The summed E-state index contributed by atoms with van der Waals surface area (Å²) in [7, 11) is 0. The van der Waals surface area contributed by atoms with Crippen LogP contribution >= 0.6 is 31.9 Å². The number of benzene rings is 2. The van der Waals surface area contributed by atoms with Gasteiger partial charge in [0.15, 0.2) is 6.61 Å². The van der Waals surface area contributed by atoms with E-state index >= 15 is 0 Å². The van der Waals surface area contributed by atoms with Crippen molar-refractivity contribution in [2.75, 3.05) is 6.61 Å². The summed E-state index contributed by atoms with van der Waals surface area (Å²) in [4.78, 5) is 21.9. The monoisotopic (exact) mass is 501 g/mol. The molecular formula is C16H13Br2N3O6. The molecule has 0 spiro atoms. The molecule has 2 rings (SSSR count). The molecular weight excluding hydrogens is 490 g/mol. The molecule has 2 aromatic rings. The predicted octanol–water partition coefficient (Wildman–Crippen LogP) is 3.37. The van der Waals surface area contributed by atoms with Crippen molar-refractivity contribution in [3.63, 3.8) is 0 Å². The van der Waals surface area contributed by atoms with Crippen molar-refractivity contribution in [3.05, 3.63) is 54.5 Å². The van der Waals surface area contributed by atoms with E-state index in [1.54, 1.807) is 6.92 Å². The molecule has 3 N–H and O–H groups in total. The van der Waals surface area contributed by atoms with E-state index in [0.717, 1.165) is 0 Å². The summed E-state index contributed by atoms with van der Waals surface area (Å²) < 4.78 is 5.63. The van der Waals surface area contributed by atoms with Gasteiger partial charge in [-0.25, -0.2) is 5.43 Å². The fourth-order valence-corrected chi connectivity index (χ4v) is 3.08. The summed E-state index contributed by atoms with van der Waals surface area (Å²) in [5.41, 5.74) is 2.86. The third-order valence-corrected chi connectivity index (χ3v) is 5.11. The van der Waals surface area contributed by atoms with E-state index < -0.39 is 17.4 Å². The molecule has 9 nitrogen and oxygen atoms in total. The predicted molar refractivity (Wildman–Crippen MR) is 104 cm³/mol. The van der Waals surface area contributed by atoms with Crippen molar-refractivity contribution < 1.29 is 24.7 Å².